The van der Waals surface area contributed by atoms with Gasteiger partial charge in [-0.1, -0.05) is 32.0 Å². The maximum absolute atomic E-state index is 12.8. The minimum Gasteiger partial charge on any atom is -0.504 e. The first kappa shape index (κ1) is 19.2. The van der Waals surface area contributed by atoms with Crippen LogP contribution >= 0.6 is 0 Å². The Morgan fingerprint density at radius 3 is 2.32 bits per heavy atom. The first-order chi connectivity index (χ1) is 13.3. The van der Waals surface area contributed by atoms with E-state index in [9.17, 15) is 24.6 Å². The number of phenolic OH excluding ortho intramolecular Hbond substituents is 2. The molecule has 3 N–H and O–H groups in total. The normalized spacial score (nSPS) is 17.0. The Kier molecular flexibility index (Phi) is 5.17. The molecular formula is C21H20N2O5. The third-order valence-corrected chi connectivity index (χ3v) is 4.74. The highest BCUT2D eigenvalue weighted by molar-refractivity contribution is 6.39. The van der Waals surface area contributed by atoms with Gasteiger partial charge in [-0.15, -0.1) is 0 Å². The topological polar surface area (TPSA) is 107 Å². The number of carbonyl (C=O) groups is 3. The van der Waals surface area contributed by atoms with Crippen molar-refractivity contribution in [1.29, 1.82) is 0 Å². The summed E-state index contributed by atoms with van der Waals surface area (Å²) in [6.45, 7) is 4.16. The fourth-order valence-corrected chi connectivity index (χ4v) is 2.88. The zero-order valence-electron chi connectivity index (χ0n) is 15.5. The van der Waals surface area contributed by atoms with Crippen molar-refractivity contribution in [2.24, 2.45) is 0 Å². The Hall–Kier alpha value is -3.61. The number of amides is 4. The number of nitrogens with zero attached hydrogens (tertiary/aromatic N) is 1. The molecule has 1 aliphatic heterocycles. The van der Waals surface area contributed by atoms with Crippen LogP contribution in [-0.4, -0.2) is 28.1 Å². The highest BCUT2D eigenvalue weighted by Crippen LogP contribution is 2.28. The summed E-state index contributed by atoms with van der Waals surface area (Å²) >= 11 is 0. The fourth-order valence-electron chi connectivity index (χ4n) is 2.88. The highest BCUT2D eigenvalue weighted by Gasteiger charge is 2.36. The second kappa shape index (κ2) is 7.56. The second-order valence-corrected chi connectivity index (χ2v) is 6.61. The van der Waals surface area contributed by atoms with Gasteiger partial charge in [0.1, 0.15) is 5.57 Å². The third-order valence-electron chi connectivity index (χ3n) is 4.74. The Bertz CT molecular complexity index is 979. The van der Waals surface area contributed by atoms with E-state index in [1.54, 1.807) is 12.1 Å². The highest BCUT2D eigenvalue weighted by atomic mass is 16.3. The molecule has 0 unspecified atom stereocenters. The average Bonchev–Trinajstić information content (AvgIpc) is 2.67. The van der Waals surface area contributed by atoms with Crippen molar-refractivity contribution in [1.82, 2.24) is 5.32 Å². The fraction of sp³-hybridized carbons (Fsp3) is 0.190. The maximum Gasteiger partial charge on any atom is 0.335 e. The SMILES string of the molecule is CC[C@H](C)c1ccc(N2C(=O)NC(=O)/C(=C/c3ccc(O)c(O)c3)C2=O)cc1. The Labute approximate surface area is 161 Å². The van der Waals surface area contributed by atoms with Crippen LogP contribution in [-0.2, 0) is 9.59 Å². The van der Waals surface area contributed by atoms with Crippen LogP contribution in [0.2, 0.25) is 0 Å². The van der Waals surface area contributed by atoms with E-state index < -0.39 is 17.8 Å². The molecule has 1 saturated heterocycles. The van der Waals surface area contributed by atoms with Gasteiger partial charge in [0.05, 0.1) is 5.69 Å². The van der Waals surface area contributed by atoms with Crippen LogP contribution in [0, 0.1) is 0 Å². The lowest BCUT2D eigenvalue weighted by atomic mass is 9.98. The van der Waals surface area contributed by atoms with Crippen LogP contribution in [0.5, 0.6) is 11.5 Å². The van der Waals surface area contributed by atoms with E-state index in [2.05, 4.69) is 19.2 Å². The number of rotatable bonds is 4. The summed E-state index contributed by atoms with van der Waals surface area (Å²) in [4.78, 5) is 38.2. The Balaban J connectivity index is 1.95. The molecule has 7 heteroatoms. The summed E-state index contributed by atoms with van der Waals surface area (Å²) in [5.41, 5.74) is 1.51. The third kappa shape index (κ3) is 3.59. The van der Waals surface area contributed by atoms with Crippen molar-refractivity contribution in [3.63, 3.8) is 0 Å². The molecule has 0 aromatic heterocycles. The van der Waals surface area contributed by atoms with Gasteiger partial charge >= 0.3 is 6.03 Å². The van der Waals surface area contributed by atoms with Crippen LogP contribution in [0.25, 0.3) is 6.08 Å². The average molecular weight is 380 g/mol. The minimum atomic E-state index is -0.824. The van der Waals surface area contributed by atoms with Crippen molar-refractivity contribution in [2.45, 2.75) is 26.2 Å². The summed E-state index contributed by atoms with van der Waals surface area (Å²) in [6, 6.07) is 10.1. The molecule has 7 nitrogen and oxygen atoms in total. The molecule has 2 aromatic rings. The molecule has 2 aromatic carbocycles. The first-order valence-corrected chi connectivity index (χ1v) is 8.85. The van der Waals surface area contributed by atoms with Gasteiger partial charge in [-0.2, -0.15) is 0 Å². The molecule has 0 bridgehead atoms. The smallest absolute Gasteiger partial charge is 0.335 e. The van der Waals surface area contributed by atoms with Crippen molar-refractivity contribution in [3.8, 4) is 11.5 Å². The van der Waals surface area contributed by atoms with Gasteiger partial charge in [-0.05, 0) is 53.8 Å². The number of aromatic hydroxyl groups is 2. The molecule has 0 saturated carbocycles. The maximum atomic E-state index is 12.8. The van der Waals surface area contributed by atoms with Gasteiger partial charge in [-0.3, -0.25) is 14.9 Å². The predicted octanol–water partition coefficient (Wildman–Crippen LogP) is 3.28. The zero-order valence-corrected chi connectivity index (χ0v) is 15.5. The lowest BCUT2D eigenvalue weighted by Crippen LogP contribution is -2.54. The number of hydrogen-bond donors (Lipinski definition) is 3. The molecule has 28 heavy (non-hydrogen) atoms. The van der Waals surface area contributed by atoms with Crippen molar-refractivity contribution < 1.29 is 24.6 Å². The van der Waals surface area contributed by atoms with E-state index in [4.69, 9.17) is 0 Å². The largest absolute Gasteiger partial charge is 0.504 e. The Morgan fingerprint density at radius 2 is 1.71 bits per heavy atom. The van der Waals surface area contributed by atoms with Crippen molar-refractivity contribution in [2.75, 3.05) is 4.90 Å². The zero-order chi connectivity index (χ0) is 20.4. The summed E-state index contributed by atoms with van der Waals surface area (Å²) in [6.07, 6.45) is 2.22. The van der Waals surface area contributed by atoms with Gasteiger partial charge in [0, 0.05) is 0 Å². The summed E-state index contributed by atoms with van der Waals surface area (Å²) in [5, 5.41) is 21.1. The molecule has 1 aliphatic rings. The molecule has 1 heterocycles. The molecule has 0 spiro atoms. The predicted molar refractivity (Wildman–Crippen MR) is 104 cm³/mol. The number of barbiturate groups is 1. The monoisotopic (exact) mass is 380 g/mol. The Morgan fingerprint density at radius 1 is 1.04 bits per heavy atom. The number of imide groups is 2. The summed E-state index contributed by atoms with van der Waals surface area (Å²) < 4.78 is 0. The molecular weight excluding hydrogens is 360 g/mol. The van der Waals surface area contributed by atoms with Gasteiger partial charge in [-0.25, -0.2) is 9.69 Å². The molecule has 1 atom stereocenters. The molecule has 3 rings (SSSR count). The van der Waals surface area contributed by atoms with E-state index in [-0.39, 0.29) is 17.1 Å². The molecule has 0 aliphatic carbocycles. The van der Waals surface area contributed by atoms with Crippen molar-refractivity contribution >= 4 is 29.6 Å². The molecule has 144 valence electrons. The summed E-state index contributed by atoms with van der Waals surface area (Å²) in [7, 11) is 0. The van der Waals surface area contributed by atoms with E-state index >= 15 is 0 Å². The number of anilines is 1. The van der Waals surface area contributed by atoms with Gasteiger partial charge in [0.2, 0.25) is 0 Å². The lowest BCUT2D eigenvalue weighted by Gasteiger charge is -2.26. The number of urea groups is 1. The molecule has 0 radical (unpaired) electrons. The number of carbonyl (C=O) groups excluding carboxylic acids is 3. The number of phenols is 2. The van der Waals surface area contributed by atoms with Crippen LogP contribution in [0.3, 0.4) is 0 Å². The molecule has 4 amide bonds. The van der Waals surface area contributed by atoms with E-state index in [0.717, 1.165) is 16.9 Å². The van der Waals surface area contributed by atoms with Crippen LogP contribution < -0.4 is 10.2 Å². The van der Waals surface area contributed by atoms with Gasteiger partial charge < -0.3 is 10.2 Å². The van der Waals surface area contributed by atoms with Crippen LogP contribution in [0.15, 0.2) is 48.0 Å². The van der Waals surface area contributed by atoms with Crippen LogP contribution in [0.4, 0.5) is 10.5 Å². The molecule has 1 fully saturated rings. The van der Waals surface area contributed by atoms with E-state index in [1.807, 2.05) is 12.1 Å². The summed E-state index contributed by atoms with van der Waals surface area (Å²) in [5.74, 6) is -1.95. The lowest BCUT2D eigenvalue weighted by molar-refractivity contribution is -0.122. The van der Waals surface area contributed by atoms with Gasteiger partial charge in [0.25, 0.3) is 11.8 Å². The van der Waals surface area contributed by atoms with E-state index in [0.29, 0.717) is 17.2 Å². The number of hydrogen-bond acceptors (Lipinski definition) is 5. The first-order valence-electron chi connectivity index (χ1n) is 8.85. The number of nitrogens with one attached hydrogen (secondary N) is 1. The number of benzene rings is 2. The van der Waals surface area contributed by atoms with E-state index in [1.165, 1.54) is 24.3 Å². The second-order valence-electron chi connectivity index (χ2n) is 6.61. The van der Waals surface area contributed by atoms with Crippen LogP contribution in [0.1, 0.15) is 37.3 Å². The standard InChI is InChI=1S/C21H20N2O5/c1-3-12(2)14-5-7-15(8-6-14)23-20(27)16(19(26)22-21(23)28)10-13-4-9-17(24)18(25)11-13/h4-12,24-25H,3H2,1-2H3,(H,22,26,28)/b16-10-/t12-/m0/s1. The minimum absolute atomic E-state index is 0.254. The van der Waals surface area contributed by atoms with Crippen molar-refractivity contribution in [3.05, 3.63) is 59.2 Å². The quantitative estimate of drug-likeness (QED) is 0.429. The van der Waals surface area contributed by atoms with Gasteiger partial charge in [0.15, 0.2) is 11.5 Å².